The molecule has 1 aliphatic heterocycles. The Morgan fingerprint density at radius 2 is 2.14 bits per heavy atom. The maximum atomic E-state index is 12.3. The molecule has 2 atom stereocenters. The fraction of sp³-hybridized carbons (Fsp3) is 0.381. The quantitative estimate of drug-likeness (QED) is 0.733. The van der Waals surface area contributed by atoms with Crippen molar-refractivity contribution in [3.05, 3.63) is 35.6 Å². The highest BCUT2D eigenvalue weighted by Crippen LogP contribution is 2.41. The molecule has 2 aromatic heterocycles. The number of allylic oxidation sites excluding steroid dienone is 2. The fourth-order valence-corrected chi connectivity index (χ4v) is 4.26. The summed E-state index contributed by atoms with van der Waals surface area (Å²) in [4.78, 5) is 30.6. The number of nitrogens with two attached hydrogens (primary N) is 2. The van der Waals surface area contributed by atoms with Crippen molar-refractivity contribution in [3.8, 4) is 0 Å². The molecule has 2 aliphatic rings. The topological polar surface area (TPSA) is 127 Å². The van der Waals surface area contributed by atoms with Gasteiger partial charge in [0.05, 0.1) is 23.0 Å². The van der Waals surface area contributed by atoms with Crippen LogP contribution in [0.25, 0.3) is 16.7 Å². The van der Waals surface area contributed by atoms with Crippen molar-refractivity contribution in [1.82, 2.24) is 9.55 Å². The number of aliphatic hydroxyl groups is 1. The Balaban J connectivity index is 1.99. The van der Waals surface area contributed by atoms with Gasteiger partial charge >= 0.3 is 0 Å². The molecule has 1 fully saturated rings. The Hall–Kier alpha value is -3.13. The van der Waals surface area contributed by atoms with Crippen molar-refractivity contribution in [3.63, 3.8) is 0 Å². The molecule has 2 aromatic rings. The van der Waals surface area contributed by atoms with E-state index >= 15 is 0 Å². The number of rotatable bonds is 3. The van der Waals surface area contributed by atoms with Crippen LogP contribution in [0.4, 0.5) is 11.5 Å². The second kappa shape index (κ2) is 6.45. The van der Waals surface area contributed by atoms with Crippen LogP contribution in [0.15, 0.2) is 30.0 Å². The van der Waals surface area contributed by atoms with E-state index in [9.17, 15) is 14.7 Å². The molecular weight excluding hydrogens is 370 g/mol. The standard InChI is InChI=1S/C21H25N5O3/c1-11-6-7-21(3,29)12(2)17(11)26-18(22)16(19(23)28)14-9-13(10-24-20(14)26)25-8-4-5-15(25)27/h6-7,9-10,12,29H,4-5,8,22H2,1-3H3,(H2,23,28)/t12-,21?/m0/s1. The summed E-state index contributed by atoms with van der Waals surface area (Å²) in [5, 5.41) is 11.3. The molecule has 1 aliphatic carbocycles. The van der Waals surface area contributed by atoms with E-state index in [1.165, 1.54) is 0 Å². The number of amides is 2. The first-order valence-electron chi connectivity index (χ1n) is 9.66. The van der Waals surface area contributed by atoms with E-state index in [-0.39, 0.29) is 23.2 Å². The van der Waals surface area contributed by atoms with Gasteiger partial charge in [-0.15, -0.1) is 0 Å². The number of nitrogens with zero attached hydrogens (tertiary/aromatic N) is 3. The predicted molar refractivity (Wildman–Crippen MR) is 112 cm³/mol. The number of hydrogen-bond donors (Lipinski definition) is 3. The lowest BCUT2D eigenvalue weighted by Crippen LogP contribution is -2.35. The van der Waals surface area contributed by atoms with Crippen LogP contribution >= 0.6 is 0 Å². The van der Waals surface area contributed by atoms with Gasteiger partial charge in [0.15, 0.2) is 0 Å². The summed E-state index contributed by atoms with van der Waals surface area (Å²) < 4.78 is 1.70. The second-order valence-corrected chi connectivity index (χ2v) is 8.02. The molecule has 0 aromatic carbocycles. The fourth-order valence-electron chi connectivity index (χ4n) is 4.26. The number of primary amides is 1. The number of fused-ring (bicyclic) bond motifs is 1. The normalized spacial score (nSPS) is 24.8. The molecule has 8 heteroatoms. The lowest BCUT2D eigenvalue weighted by molar-refractivity contribution is -0.117. The molecule has 1 saturated heterocycles. The summed E-state index contributed by atoms with van der Waals surface area (Å²) in [5.41, 5.74) is 13.9. The molecule has 1 unspecified atom stereocenters. The van der Waals surface area contributed by atoms with Crippen LogP contribution in [0.2, 0.25) is 0 Å². The highest BCUT2D eigenvalue weighted by atomic mass is 16.3. The van der Waals surface area contributed by atoms with E-state index in [0.29, 0.717) is 29.7 Å². The zero-order chi connectivity index (χ0) is 21.1. The maximum Gasteiger partial charge on any atom is 0.253 e. The summed E-state index contributed by atoms with van der Waals surface area (Å²) in [6.07, 6.45) is 6.48. The minimum absolute atomic E-state index is 0.0276. The molecular formula is C21H25N5O3. The van der Waals surface area contributed by atoms with E-state index in [2.05, 4.69) is 4.98 Å². The van der Waals surface area contributed by atoms with Crippen LogP contribution in [0.3, 0.4) is 0 Å². The average molecular weight is 395 g/mol. The van der Waals surface area contributed by atoms with E-state index in [1.807, 2.05) is 19.9 Å². The lowest BCUT2D eigenvalue weighted by Gasteiger charge is -2.34. The largest absolute Gasteiger partial charge is 0.385 e. The van der Waals surface area contributed by atoms with Crippen molar-refractivity contribution in [1.29, 1.82) is 0 Å². The first kappa shape index (κ1) is 19.2. The molecule has 152 valence electrons. The van der Waals surface area contributed by atoms with Crippen molar-refractivity contribution in [2.75, 3.05) is 17.2 Å². The number of carbonyl (C=O) groups excluding carboxylic acids is 2. The summed E-state index contributed by atoms with van der Waals surface area (Å²) in [6.45, 7) is 6.16. The summed E-state index contributed by atoms with van der Waals surface area (Å²) >= 11 is 0. The van der Waals surface area contributed by atoms with Gasteiger partial charge in [-0.1, -0.05) is 19.1 Å². The Morgan fingerprint density at radius 3 is 2.76 bits per heavy atom. The number of aromatic nitrogens is 2. The lowest BCUT2D eigenvalue weighted by atomic mass is 9.81. The molecule has 0 saturated carbocycles. The SMILES string of the molecule is CC1=C(n2c(N)c(C(N)=O)c3cc(N4CCCC4=O)cnc32)[C@H](C)C(C)(O)C=C1. The Labute approximate surface area is 168 Å². The van der Waals surface area contributed by atoms with Crippen LogP contribution in [0, 0.1) is 5.92 Å². The maximum absolute atomic E-state index is 12.3. The van der Waals surface area contributed by atoms with Gasteiger partial charge in [0.1, 0.15) is 11.5 Å². The van der Waals surface area contributed by atoms with Crippen molar-refractivity contribution in [2.45, 2.75) is 39.2 Å². The van der Waals surface area contributed by atoms with Gasteiger partial charge in [0, 0.05) is 30.0 Å². The van der Waals surface area contributed by atoms with Gasteiger partial charge in [0.2, 0.25) is 5.91 Å². The summed E-state index contributed by atoms with van der Waals surface area (Å²) in [5.74, 6) is -0.758. The monoisotopic (exact) mass is 395 g/mol. The van der Waals surface area contributed by atoms with Crippen LogP contribution in [0.1, 0.15) is 44.0 Å². The van der Waals surface area contributed by atoms with E-state index in [1.54, 1.807) is 34.7 Å². The van der Waals surface area contributed by atoms with Crippen LogP contribution in [0.5, 0.6) is 0 Å². The van der Waals surface area contributed by atoms with Crippen molar-refractivity contribution >= 4 is 40.1 Å². The van der Waals surface area contributed by atoms with Gasteiger partial charge in [-0.2, -0.15) is 0 Å². The minimum atomic E-state index is -1.08. The molecule has 0 bridgehead atoms. The number of anilines is 2. The third-order valence-electron chi connectivity index (χ3n) is 6.06. The third kappa shape index (κ3) is 2.82. The predicted octanol–water partition coefficient (Wildman–Crippen LogP) is 2.03. The van der Waals surface area contributed by atoms with Crippen molar-refractivity contribution in [2.24, 2.45) is 11.7 Å². The van der Waals surface area contributed by atoms with Crippen LogP contribution in [-0.4, -0.2) is 38.6 Å². The highest BCUT2D eigenvalue weighted by Gasteiger charge is 2.36. The molecule has 29 heavy (non-hydrogen) atoms. The molecule has 5 N–H and O–H groups in total. The zero-order valence-corrected chi connectivity index (χ0v) is 16.8. The van der Waals surface area contributed by atoms with E-state index in [0.717, 1.165) is 17.7 Å². The molecule has 3 heterocycles. The Morgan fingerprint density at radius 1 is 1.41 bits per heavy atom. The smallest absolute Gasteiger partial charge is 0.253 e. The van der Waals surface area contributed by atoms with Gasteiger partial charge in [-0.25, -0.2) is 4.98 Å². The van der Waals surface area contributed by atoms with Gasteiger partial charge in [0.25, 0.3) is 5.91 Å². The molecule has 2 amide bonds. The van der Waals surface area contributed by atoms with Gasteiger partial charge in [-0.05, 0) is 31.9 Å². The number of carbonyl (C=O) groups is 2. The van der Waals surface area contributed by atoms with Crippen LogP contribution in [-0.2, 0) is 4.79 Å². The van der Waals surface area contributed by atoms with E-state index < -0.39 is 11.5 Å². The molecule has 0 spiro atoms. The summed E-state index contributed by atoms with van der Waals surface area (Å²) in [6, 6.07) is 1.75. The highest BCUT2D eigenvalue weighted by molar-refractivity contribution is 6.12. The molecule has 0 radical (unpaired) electrons. The average Bonchev–Trinajstić information content (AvgIpc) is 3.20. The number of pyridine rings is 1. The van der Waals surface area contributed by atoms with E-state index in [4.69, 9.17) is 11.5 Å². The first-order chi connectivity index (χ1) is 13.6. The summed E-state index contributed by atoms with van der Waals surface area (Å²) in [7, 11) is 0. The van der Waals surface area contributed by atoms with Crippen molar-refractivity contribution < 1.29 is 14.7 Å². The number of nitrogen functional groups attached to an aromatic ring is 1. The zero-order valence-electron chi connectivity index (χ0n) is 16.8. The Kier molecular flexibility index (Phi) is 4.27. The first-order valence-corrected chi connectivity index (χ1v) is 9.66. The van der Waals surface area contributed by atoms with Crippen LogP contribution < -0.4 is 16.4 Å². The molecule has 8 nitrogen and oxygen atoms in total. The van der Waals surface area contributed by atoms with Gasteiger partial charge < -0.3 is 21.5 Å². The minimum Gasteiger partial charge on any atom is -0.385 e. The number of hydrogen-bond acceptors (Lipinski definition) is 5. The second-order valence-electron chi connectivity index (χ2n) is 8.02. The molecule has 4 rings (SSSR count). The Bertz CT molecular complexity index is 1110. The third-order valence-corrected chi connectivity index (χ3v) is 6.06. The van der Waals surface area contributed by atoms with Gasteiger partial charge in [-0.3, -0.25) is 14.2 Å².